The van der Waals surface area contributed by atoms with Crippen LogP contribution in [0.1, 0.15) is 33.1 Å². The number of nitrogens with zero attached hydrogens (tertiary/aromatic N) is 3. The lowest BCUT2D eigenvalue weighted by atomic mass is 10.1. The number of ketones is 1. The number of carbonyl (C=O) groups excluding carboxylic acids is 2. The van der Waals surface area contributed by atoms with Gasteiger partial charge >= 0.3 is 0 Å². The molecule has 1 aliphatic heterocycles. The van der Waals surface area contributed by atoms with Crippen molar-refractivity contribution in [2.45, 2.75) is 39.2 Å². The van der Waals surface area contributed by atoms with Gasteiger partial charge in [-0.1, -0.05) is 6.07 Å². The van der Waals surface area contributed by atoms with Crippen LogP contribution < -0.4 is 4.90 Å². The SMILES string of the molecule is CC(=O)CCCC(=O)N1CCN(c2cccc(F)n2)C(C)C1. The molecular weight excluding hydrogens is 285 g/mol. The van der Waals surface area contributed by atoms with Gasteiger partial charge in [0.1, 0.15) is 11.6 Å². The summed E-state index contributed by atoms with van der Waals surface area (Å²) in [5.74, 6) is 0.312. The lowest BCUT2D eigenvalue weighted by Gasteiger charge is -2.40. The summed E-state index contributed by atoms with van der Waals surface area (Å²) in [5.41, 5.74) is 0. The highest BCUT2D eigenvalue weighted by atomic mass is 19.1. The van der Waals surface area contributed by atoms with E-state index in [0.29, 0.717) is 44.7 Å². The van der Waals surface area contributed by atoms with E-state index in [1.165, 1.54) is 13.0 Å². The maximum Gasteiger partial charge on any atom is 0.222 e. The molecule has 0 aliphatic carbocycles. The molecule has 1 aromatic rings. The van der Waals surface area contributed by atoms with Gasteiger partial charge in [-0.25, -0.2) is 4.98 Å². The molecule has 0 radical (unpaired) electrons. The maximum absolute atomic E-state index is 13.2. The molecule has 0 spiro atoms. The third kappa shape index (κ3) is 4.26. The van der Waals surface area contributed by atoms with Gasteiger partial charge in [0.05, 0.1) is 0 Å². The summed E-state index contributed by atoms with van der Waals surface area (Å²) in [7, 11) is 0. The summed E-state index contributed by atoms with van der Waals surface area (Å²) in [6.45, 7) is 5.37. The van der Waals surface area contributed by atoms with E-state index >= 15 is 0 Å². The number of aromatic nitrogens is 1. The van der Waals surface area contributed by atoms with Crippen molar-refractivity contribution in [1.82, 2.24) is 9.88 Å². The normalized spacial score (nSPS) is 18.4. The number of halogens is 1. The summed E-state index contributed by atoms with van der Waals surface area (Å²) in [4.78, 5) is 30.8. The molecule has 0 N–H and O–H groups in total. The Bertz CT molecular complexity index is 550. The molecule has 1 atom stereocenters. The van der Waals surface area contributed by atoms with E-state index in [1.807, 2.05) is 16.7 Å². The number of piperazine rings is 1. The van der Waals surface area contributed by atoms with Crippen LogP contribution in [0.2, 0.25) is 0 Å². The van der Waals surface area contributed by atoms with E-state index in [9.17, 15) is 14.0 Å². The Morgan fingerprint density at radius 3 is 2.73 bits per heavy atom. The second kappa shape index (κ2) is 7.33. The Hall–Kier alpha value is -1.98. The van der Waals surface area contributed by atoms with Crippen molar-refractivity contribution in [2.75, 3.05) is 24.5 Å². The molecule has 0 saturated carbocycles. The van der Waals surface area contributed by atoms with E-state index < -0.39 is 5.95 Å². The van der Waals surface area contributed by atoms with E-state index in [2.05, 4.69) is 4.98 Å². The molecule has 1 unspecified atom stereocenters. The average Bonchev–Trinajstić information content (AvgIpc) is 2.46. The highest BCUT2D eigenvalue weighted by Gasteiger charge is 2.27. The van der Waals surface area contributed by atoms with Crippen molar-refractivity contribution in [1.29, 1.82) is 0 Å². The molecule has 5 nitrogen and oxygen atoms in total. The number of carbonyl (C=O) groups is 2. The first-order valence-electron chi connectivity index (χ1n) is 7.64. The standard InChI is InChI=1S/C16H22FN3O2/c1-12-11-19(16(22)8-3-5-13(2)21)9-10-20(12)15-7-4-6-14(17)18-15/h4,6-7,12H,3,5,8-11H2,1-2H3. The molecule has 2 rings (SSSR count). The molecule has 1 amide bonds. The van der Waals surface area contributed by atoms with Crippen LogP contribution in [0, 0.1) is 5.95 Å². The van der Waals surface area contributed by atoms with Gasteiger partial charge in [-0.05, 0) is 32.4 Å². The van der Waals surface area contributed by atoms with Gasteiger partial charge in [0.25, 0.3) is 0 Å². The summed E-state index contributed by atoms with van der Waals surface area (Å²) in [6.07, 6.45) is 1.47. The van der Waals surface area contributed by atoms with Gasteiger partial charge in [-0.15, -0.1) is 0 Å². The largest absolute Gasteiger partial charge is 0.350 e. The van der Waals surface area contributed by atoms with E-state index in [-0.39, 0.29) is 17.7 Å². The third-order valence-electron chi connectivity index (χ3n) is 3.89. The monoisotopic (exact) mass is 307 g/mol. The van der Waals surface area contributed by atoms with E-state index in [0.717, 1.165) is 0 Å². The van der Waals surface area contributed by atoms with Crippen LogP contribution in [0.3, 0.4) is 0 Å². The van der Waals surface area contributed by atoms with Crippen LogP contribution >= 0.6 is 0 Å². The Labute approximate surface area is 130 Å². The van der Waals surface area contributed by atoms with E-state index in [1.54, 1.807) is 12.1 Å². The number of hydrogen-bond acceptors (Lipinski definition) is 4. The minimum absolute atomic E-state index is 0.0832. The first-order valence-corrected chi connectivity index (χ1v) is 7.64. The minimum atomic E-state index is -0.493. The van der Waals surface area contributed by atoms with Crippen molar-refractivity contribution >= 4 is 17.5 Å². The van der Waals surface area contributed by atoms with Crippen molar-refractivity contribution in [3.8, 4) is 0 Å². The number of amides is 1. The Morgan fingerprint density at radius 1 is 1.32 bits per heavy atom. The predicted molar refractivity (Wildman–Crippen MR) is 82.1 cm³/mol. The van der Waals surface area contributed by atoms with Crippen LogP contribution in [0.25, 0.3) is 0 Å². The molecule has 22 heavy (non-hydrogen) atoms. The fourth-order valence-corrected chi connectivity index (χ4v) is 2.73. The van der Waals surface area contributed by atoms with Gasteiger partial charge in [0, 0.05) is 38.5 Å². The van der Waals surface area contributed by atoms with Gasteiger partial charge < -0.3 is 14.6 Å². The van der Waals surface area contributed by atoms with Crippen LogP contribution in [0.5, 0.6) is 0 Å². The van der Waals surface area contributed by atoms with Crippen LogP contribution in [-0.4, -0.2) is 47.3 Å². The molecule has 1 aromatic heterocycles. The summed E-state index contributed by atoms with van der Waals surface area (Å²) >= 11 is 0. The second-order valence-electron chi connectivity index (χ2n) is 5.76. The Kier molecular flexibility index (Phi) is 5.46. The fourth-order valence-electron chi connectivity index (χ4n) is 2.73. The minimum Gasteiger partial charge on any atom is -0.350 e. The first-order chi connectivity index (χ1) is 10.5. The fraction of sp³-hybridized carbons (Fsp3) is 0.562. The predicted octanol–water partition coefficient (Wildman–Crippen LogP) is 2.02. The highest BCUT2D eigenvalue weighted by molar-refractivity contribution is 5.79. The molecule has 2 heterocycles. The average molecular weight is 307 g/mol. The number of rotatable bonds is 5. The molecule has 120 valence electrons. The van der Waals surface area contributed by atoms with Crippen LogP contribution in [0.4, 0.5) is 10.2 Å². The number of Topliss-reactive ketones (excluding diaryl/α,β-unsaturated/α-hetero) is 1. The topological polar surface area (TPSA) is 53.5 Å². The van der Waals surface area contributed by atoms with Gasteiger partial charge in [-0.2, -0.15) is 4.39 Å². The number of pyridine rings is 1. The summed E-state index contributed by atoms with van der Waals surface area (Å²) in [6, 6.07) is 4.83. The lowest BCUT2D eigenvalue weighted by molar-refractivity contribution is -0.132. The van der Waals surface area contributed by atoms with Crippen molar-refractivity contribution in [3.63, 3.8) is 0 Å². The highest BCUT2D eigenvalue weighted by Crippen LogP contribution is 2.19. The quantitative estimate of drug-likeness (QED) is 0.781. The smallest absolute Gasteiger partial charge is 0.222 e. The zero-order chi connectivity index (χ0) is 16.1. The molecule has 0 aromatic carbocycles. The lowest BCUT2D eigenvalue weighted by Crippen LogP contribution is -2.54. The molecular formula is C16H22FN3O2. The first kappa shape index (κ1) is 16.4. The van der Waals surface area contributed by atoms with Gasteiger partial charge in [0.15, 0.2) is 0 Å². The molecule has 0 bridgehead atoms. The van der Waals surface area contributed by atoms with Crippen molar-refractivity contribution in [3.05, 3.63) is 24.1 Å². The van der Waals surface area contributed by atoms with E-state index in [4.69, 9.17) is 0 Å². The molecule has 1 saturated heterocycles. The zero-order valence-corrected chi connectivity index (χ0v) is 13.1. The summed E-state index contributed by atoms with van der Waals surface area (Å²) < 4.78 is 13.2. The Balaban J connectivity index is 1.89. The molecule has 6 heteroatoms. The zero-order valence-electron chi connectivity index (χ0n) is 13.1. The van der Waals surface area contributed by atoms with Crippen molar-refractivity contribution in [2.24, 2.45) is 0 Å². The number of anilines is 1. The van der Waals surface area contributed by atoms with Crippen LogP contribution in [-0.2, 0) is 9.59 Å². The van der Waals surface area contributed by atoms with Crippen molar-refractivity contribution < 1.29 is 14.0 Å². The second-order valence-corrected chi connectivity index (χ2v) is 5.76. The van der Waals surface area contributed by atoms with Gasteiger partial charge in [-0.3, -0.25) is 4.79 Å². The van der Waals surface area contributed by atoms with Crippen LogP contribution in [0.15, 0.2) is 18.2 Å². The number of hydrogen-bond donors (Lipinski definition) is 0. The summed E-state index contributed by atoms with van der Waals surface area (Å²) in [5, 5.41) is 0. The molecule has 1 aliphatic rings. The van der Waals surface area contributed by atoms with Gasteiger partial charge in [0.2, 0.25) is 11.9 Å². The maximum atomic E-state index is 13.2. The third-order valence-corrected chi connectivity index (χ3v) is 3.89. The Morgan fingerprint density at radius 2 is 2.09 bits per heavy atom. The molecule has 1 fully saturated rings.